The van der Waals surface area contributed by atoms with Gasteiger partial charge in [0.05, 0.1) is 20.6 Å². The maximum absolute atomic E-state index is 12.2. The first kappa shape index (κ1) is 21.0. The molecule has 7 heteroatoms. The highest BCUT2D eigenvalue weighted by Crippen LogP contribution is 2.27. The number of hydrazone groups is 1. The van der Waals surface area contributed by atoms with Gasteiger partial charge in [-0.2, -0.15) is 5.10 Å². The topological polar surface area (TPSA) is 89.0 Å². The van der Waals surface area contributed by atoms with Crippen LogP contribution < -0.4 is 20.2 Å². The van der Waals surface area contributed by atoms with Crippen LogP contribution in [-0.4, -0.2) is 38.3 Å². The second-order valence-electron chi connectivity index (χ2n) is 6.12. The average molecular weight is 383 g/mol. The van der Waals surface area contributed by atoms with Crippen LogP contribution in [0, 0.1) is 0 Å². The van der Waals surface area contributed by atoms with Gasteiger partial charge in [-0.25, -0.2) is 5.43 Å². The number of methoxy groups -OCH3 is 2. The van der Waals surface area contributed by atoms with E-state index in [4.69, 9.17) is 9.47 Å². The van der Waals surface area contributed by atoms with Gasteiger partial charge in [0.15, 0.2) is 11.5 Å². The molecule has 0 saturated carbocycles. The van der Waals surface area contributed by atoms with Crippen molar-refractivity contribution in [3.05, 3.63) is 59.7 Å². The molecule has 148 valence electrons. The molecule has 2 rings (SSSR count). The van der Waals surface area contributed by atoms with Gasteiger partial charge in [0, 0.05) is 17.8 Å². The summed E-state index contributed by atoms with van der Waals surface area (Å²) in [5.74, 6) is 0.446. The van der Waals surface area contributed by atoms with Gasteiger partial charge in [-0.1, -0.05) is 30.3 Å². The zero-order chi connectivity index (χ0) is 20.4. The molecule has 0 bridgehead atoms. The Bertz CT molecular complexity index is 835. The van der Waals surface area contributed by atoms with Crippen LogP contribution in [0.15, 0.2) is 53.6 Å². The van der Waals surface area contributed by atoms with Crippen molar-refractivity contribution in [1.29, 1.82) is 0 Å². The molecular formula is C21H25N3O4. The highest BCUT2D eigenvalue weighted by atomic mass is 16.5. The van der Waals surface area contributed by atoms with Crippen molar-refractivity contribution >= 4 is 17.5 Å². The number of carbonyl (C=O) groups excluding carboxylic acids is 2. The van der Waals surface area contributed by atoms with Crippen LogP contribution in [0.1, 0.15) is 29.3 Å². The number of nitrogens with one attached hydrogen (secondary N) is 2. The van der Waals surface area contributed by atoms with Gasteiger partial charge in [-0.3, -0.25) is 9.59 Å². The highest BCUT2D eigenvalue weighted by molar-refractivity contribution is 6.01. The van der Waals surface area contributed by atoms with Gasteiger partial charge < -0.3 is 14.8 Å². The molecule has 0 spiro atoms. The molecule has 2 N–H and O–H groups in total. The molecule has 0 saturated heterocycles. The predicted molar refractivity (Wildman–Crippen MR) is 108 cm³/mol. The van der Waals surface area contributed by atoms with E-state index in [0.717, 1.165) is 12.0 Å². The lowest BCUT2D eigenvalue weighted by Crippen LogP contribution is -2.28. The quantitative estimate of drug-likeness (QED) is 0.514. The van der Waals surface area contributed by atoms with Gasteiger partial charge in [0.25, 0.3) is 5.91 Å². The maximum atomic E-state index is 12.2. The summed E-state index contributed by atoms with van der Waals surface area (Å²) in [6.07, 6.45) is 0.875. The molecule has 0 unspecified atom stereocenters. The number of benzene rings is 2. The highest BCUT2D eigenvalue weighted by Gasteiger charge is 2.11. The van der Waals surface area contributed by atoms with Gasteiger partial charge in [0.2, 0.25) is 5.91 Å². The summed E-state index contributed by atoms with van der Waals surface area (Å²) in [5.41, 5.74) is 4.49. The van der Waals surface area contributed by atoms with Gasteiger partial charge in [-0.05, 0) is 37.1 Å². The van der Waals surface area contributed by atoms with E-state index < -0.39 is 5.91 Å². The van der Waals surface area contributed by atoms with Crippen molar-refractivity contribution in [2.45, 2.75) is 19.8 Å². The molecule has 2 aromatic carbocycles. The number of ether oxygens (including phenoxy) is 2. The lowest BCUT2D eigenvalue weighted by molar-refractivity contribution is -0.119. The predicted octanol–water partition coefficient (Wildman–Crippen LogP) is 2.56. The van der Waals surface area contributed by atoms with E-state index >= 15 is 0 Å². The Morgan fingerprint density at radius 3 is 2.39 bits per heavy atom. The van der Waals surface area contributed by atoms with Crippen molar-refractivity contribution in [2.75, 3.05) is 20.8 Å². The van der Waals surface area contributed by atoms with E-state index in [-0.39, 0.29) is 12.3 Å². The molecule has 2 amide bonds. The van der Waals surface area contributed by atoms with Crippen LogP contribution in [-0.2, 0) is 11.2 Å². The SMILES string of the molecule is COc1ccc(C(=O)N/N=C(\C)CC(=O)NCCc2ccccc2)cc1OC. The number of hydrogen-bond donors (Lipinski definition) is 2. The summed E-state index contributed by atoms with van der Waals surface area (Å²) in [4.78, 5) is 24.2. The Balaban J connectivity index is 1.81. The normalized spacial score (nSPS) is 10.9. The summed E-state index contributed by atoms with van der Waals surface area (Å²) in [5, 5.41) is 6.84. The molecule has 7 nitrogen and oxygen atoms in total. The fraction of sp³-hybridized carbons (Fsp3) is 0.286. The van der Waals surface area contributed by atoms with Crippen LogP contribution in [0.3, 0.4) is 0 Å². The average Bonchev–Trinajstić information content (AvgIpc) is 2.72. The first-order valence-electron chi connectivity index (χ1n) is 8.89. The number of nitrogens with zero attached hydrogens (tertiary/aromatic N) is 1. The summed E-state index contributed by atoms with van der Waals surface area (Å²) in [6.45, 7) is 2.24. The molecule has 28 heavy (non-hydrogen) atoms. The Hall–Kier alpha value is -3.35. The molecule has 2 aromatic rings. The van der Waals surface area contributed by atoms with Gasteiger partial charge in [0.1, 0.15) is 0 Å². The van der Waals surface area contributed by atoms with E-state index in [1.807, 2.05) is 30.3 Å². The molecule has 0 radical (unpaired) electrons. The third kappa shape index (κ3) is 6.42. The monoisotopic (exact) mass is 383 g/mol. The molecule has 0 aliphatic carbocycles. The summed E-state index contributed by atoms with van der Waals surface area (Å²) in [6, 6.07) is 14.7. The molecular weight excluding hydrogens is 358 g/mol. The van der Waals surface area contributed by atoms with Crippen molar-refractivity contribution in [2.24, 2.45) is 5.10 Å². The van der Waals surface area contributed by atoms with Crippen LogP contribution >= 0.6 is 0 Å². The molecule has 0 fully saturated rings. The van der Waals surface area contributed by atoms with E-state index in [0.29, 0.717) is 29.3 Å². The lowest BCUT2D eigenvalue weighted by Gasteiger charge is -2.09. The van der Waals surface area contributed by atoms with Crippen LogP contribution in [0.5, 0.6) is 11.5 Å². The molecule has 0 atom stereocenters. The Kier molecular flexibility index (Phi) is 8.02. The van der Waals surface area contributed by atoms with Crippen LogP contribution in [0.2, 0.25) is 0 Å². The number of amides is 2. The largest absolute Gasteiger partial charge is 0.493 e. The van der Waals surface area contributed by atoms with Crippen LogP contribution in [0.4, 0.5) is 0 Å². The molecule has 0 aliphatic rings. The maximum Gasteiger partial charge on any atom is 0.271 e. The lowest BCUT2D eigenvalue weighted by atomic mass is 10.1. The Morgan fingerprint density at radius 2 is 1.71 bits per heavy atom. The molecule has 0 aliphatic heterocycles. The van der Waals surface area contributed by atoms with Gasteiger partial charge in [-0.15, -0.1) is 0 Å². The Labute approximate surface area is 164 Å². The smallest absolute Gasteiger partial charge is 0.271 e. The van der Waals surface area contributed by atoms with Gasteiger partial charge >= 0.3 is 0 Å². The number of carbonyl (C=O) groups is 2. The fourth-order valence-corrected chi connectivity index (χ4v) is 2.51. The third-order valence-corrected chi connectivity index (χ3v) is 3.99. The zero-order valence-corrected chi connectivity index (χ0v) is 16.3. The van der Waals surface area contributed by atoms with Crippen molar-refractivity contribution in [3.63, 3.8) is 0 Å². The minimum Gasteiger partial charge on any atom is -0.493 e. The summed E-state index contributed by atoms with van der Waals surface area (Å²) >= 11 is 0. The molecule has 0 heterocycles. The second kappa shape index (κ2) is 10.7. The number of hydrogen-bond acceptors (Lipinski definition) is 5. The van der Waals surface area contributed by atoms with E-state index in [1.54, 1.807) is 25.1 Å². The van der Waals surface area contributed by atoms with Crippen molar-refractivity contribution in [3.8, 4) is 11.5 Å². The minimum atomic E-state index is -0.398. The molecule has 0 aromatic heterocycles. The summed E-state index contributed by atoms with van der Waals surface area (Å²) in [7, 11) is 3.02. The number of rotatable bonds is 9. The standard InChI is InChI=1S/C21H25N3O4/c1-15(13-20(25)22-12-11-16-7-5-4-6-8-16)23-24-21(26)17-9-10-18(27-2)19(14-17)28-3/h4-10,14H,11-13H2,1-3H3,(H,22,25)(H,24,26)/b23-15+. The van der Waals surface area contributed by atoms with E-state index in [2.05, 4.69) is 15.8 Å². The minimum absolute atomic E-state index is 0.112. The van der Waals surface area contributed by atoms with Crippen molar-refractivity contribution < 1.29 is 19.1 Å². The fourth-order valence-electron chi connectivity index (χ4n) is 2.51. The van der Waals surface area contributed by atoms with Crippen molar-refractivity contribution in [1.82, 2.24) is 10.7 Å². The first-order valence-corrected chi connectivity index (χ1v) is 8.89. The Morgan fingerprint density at radius 1 is 1.00 bits per heavy atom. The van der Waals surface area contributed by atoms with Crippen LogP contribution in [0.25, 0.3) is 0 Å². The van der Waals surface area contributed by atoms with E-state index in [9.17, 15) is 9.59 Å². The second-order valence-corrected chi connectivity index (χ2v) is 6.12. The summed E-state index contributed by atoms with van der Waals surface area (Å²) < 4.78 is 10.3. The zero-order valence-electron chi connectivity index (χ0n) is 16.3. The third-order valence-electron chi connectivity index (χ3n) is 3.99. The van der Waals surface area contributed by atoms with E-state index in [1.165, 1.54) is 14.2 Å². The first-order chi connectivity index (χ1) is 13.5.